The van der Waals surface area contributed by atoms with Crippen LogP contribution in [0.3, 0.4) is 0 Å². The number of anilines is 2. The largest absolute Gasteiger partial charge is 0.451 e. The van der Waals surface area contributed by atoms with E-state index in [0.29, 0.717) is 23.9 Å². The van der Waals surface area contributed by atoms with E-state index < -0.39 is 0 Å². The van der Waals surface area contributed by atoms with Gasteiger partial charge in [0.2, 0.25) is 5.91 Å². The summed E-state index contributed by atoms with van der Waals surface area (Å²) >= 11 is 5.88. The Labute approximate surface area is 208 Å². The molecule has 0 radical (unpaired) electrons. The van der Waals surface area contributed by atoms with Gasteiger partial charge >= 0.3 is 0 Å². The van der Waals surface area contributed by atoms with Crippen LogP contribution in [0, 0.1) is 0 Å². The zero-order valence-corrected chi connectivity index (χ0v) is 19.7. The van der Waals surface area contributed by atoms with Crippen molar-refractivity contribution in [1.29, 1.82) is 0 Å². The Hall–Kier alpha value is -4.03. The van der Waals surface area contributed by atoms with Gasteiger partial charge in [0.1, 0.15) is 5.58 Å². The molecule has 1 saturated heterocycles. The van der Waals surface area contributed by atoms with Gasteiger partial charge in [-0.05, 0) is 60.2 Å². The first-order valence-electron chi connectivity index (χ1n) is 11.4. The summed E-state index contributed by atoms with van der Waals surface area (Å²) in [5.74, 6) is 0.0980. The minimum absolute atomic E-state index is 0.0782. The van der Waals surface area contributed by atoms with Crippen LogP contribution in [0.4, 0.5) is 11.4 Å². The molecule has 176 valence electrons. The maximum Gasteiger partial charge on any atom is 0.289 e. The fourth-order valence-electron chi connectivity index (χ4n) is 4.10. The molecule has 3 aromatic carbocycles. The average molecular weight is 486 g/mol. The van der Waals surface area contributed by atoms with Crippen molar-refractivity contribution in [1.82, 2.24) is 4.90 Å². The number of piperazine rings is 1. The second-order valence-corrected chi connectivity index (χ2v) is 8.79. The van der Waals surface area contributed by atoms with E-state index in [0.717, 1.165) is 41.0 Å². The van der Waals surface area contributed by atoms with Crippen LogP contribution in [0.2, 0.25) is 5.02 Å². The highest BCUT2D eigenvalue weighted by Gasteiger charge is 2.24. The molecule has 35 heavy (non-hydrogen) atoms. The summed E-state index contributed by atoms with van der Waals surface area (Å²) < 4.78 is 5.74. The van der Waals surface area contributed by atoms with Gasteiger partial charge in [-0.2, -0.15) is 0 Å². The first kappa shape index (κ1) is 22.7. The van der Waals surface area contributed by atoms with Gasteiger partial charge in [-0.25, -0.2) is 0 Å². The Kier molecular flexibility index (Phi) is 6.55. The fraction of sp³-hybridized carbons (Fsp3) is 0.143. The molecule has 0 saturated carbocycles. The Bertz CT molecular complexity index is 1340. The van der Waals surface area contributed by atoms with Crippen molar-refractivity contribution >= 4 is 51.8 Å². The van der Waals surface area contributed by atoms with E-state index >= 15 is 0 Å². The zero-order valence-electron chi connectivity index (χ0n) is 19.0. The Balaban J connectivity index is 1.14. The fourth-order valence-corrected chi connectivity index (χ4v) is 4.22. The summed E-state index contributed by atoms with van der Waals surface area (Å²) in [6.07, 6.45) is 3.24. The number of hydrogen-bond donors (Lipinski definition) is 1. The molecule has 4 aromatic rings. The van der Waals surface area contributed by atoms with Crippen molar-refractivity contribution in [2.24, 2.45) is 0 Å². The molecule has 5 rings (SSSR count). The van der Waals surface area contributed by atoms with E-state index in [9.17, 15) is 9.59 Å². The summed E-state index contributed by atoms with van der Waals surface area (Å²) in [7, 11) is 0. The second-order valence-electron chi connectivity index (χ2n) is 8.35. The van der Waals surface area contributed by atoms with Crippen molar-refractivity contribution < 1.29 is 14.0 Å². The Morgan fingerprint density at radius 3 is 2.31 bits per heavy atom. The average Bonchev–Trinajstić information content (AvgIpc) is 3.33. The summed E-state index contributed by atoms with van der Waals surface area (Å²) in [6, 6.07) is 24.4. The first-order valence-corrected chi connectivity index (χ1v) is 11.8. The maximum absolute atomic E-state index is 12.9. The highest BCUT2D eigenvalue weighted by atomic mass is 35.5. The zero-order chi connectivity index (χ0) is 24.2. The van der Waals surface area contributed by atoms with Gasteiger partial charge < -0.3 is 19.5 Å². The molecular weight excluding hydrogens is 462 g/mol. The number of carbonyl (C=O) groups excluding carboxylic acids is 2. The van der Waals surface area contributed by atoms with E-state index in [2.05, 4.69) is 10.2 Å². The van der Waals surface area contributed by atoms with Crippen LogP contribution < -0.4 is 10.2 Å². The van der Waals surface area contributed by atoms with Crippen LogP contribution in [0.25, 0.3) is 17.0 Å². The van der Waals surface area contributed by atoms with Crippen LogP contribution in [0.5, 0.6) is 0 Å². The standard InChI is InChI=1S/C28H24ClN3O3/c29-22-8-5-20(6-9-22)7-14-27(33)30-23-10-12-24(13-11-23)31-15-17-32(18-16-31)28(34)26-19-21-3-1-2-4-25(21)35-26/h1-14,19H,15-18H2,(H,30,33)/b14-7+. The summed E-state index contributed by atoms with van der Waals surface area (Å²) in [4.78, 5) is 29.2. The number of halogens is 1. The van der Waals surface area contributed by atoms with Crippen LogP contribution in [0.1, 0.15) is 16.1 Å². The van der Waals surface area contributed by atoms with Crippen molar-refractivity contribution in [3.8, 4) is 0 Å². The quantitative estimate of drug-likeness (QED) is 0.368. The van der Waals surface area contributed by atoms with Crippen LogP contribution in [0.15, 0.2) is 89.4 Å². The molecule has 1 aliphatic rings. The minimum atomic E-state index is -0.203. The lowest BCUT2D eigenvalue weighted by molar-refractivity contribution is -0.111. The number of hydrogen-bond acceptors (Lipinski definition) is 4. The van der Waals surface area contributed by atoms with Crippen LogP contribution >= 0.6 is 11.6 Å². The molecule has 2 amide bonds. The molecule has 0 unspecified atom stereocenters. The SMILES string of the molecule is O=C(/C=C/c1ccc(Cl)cc1)Nc1ccc(N2CCN(C(=O)c3cc4ccccc4o3)CC2)cc1. The van der Waals surface area contributed by atoms with Gasteiger partial charge in [0.05, 0.1) is 0 Å². The third-order valence-corrected chi connectivity index (χ3v) is 6.25. The molecule has 0 atom stereocenters. The third-order valence-electron chi connectivity index (χ3n) is 6.00. The van der Waals surface area contributed by atoms with E-state index in [1.165, 1.54) is 6.08 Å². The van der Waals surface area contributed by atoms with Gasteiger partial charge in [-0.3, -0.25) is 9.59 Å². The number of rotatable bonds is 5. The molecule has 7 heteroatoms. The molecular formula is C28H24ClN3O3. The number of para-hydroxylation sites is 1. The van der Waals surface area contributed by atoms with Crippen LogP contribution in [-0.4, -0.2) is 42.9 Å². The molecule has 1 fully saturated rings. The molecule has 6 nitrogen and oxygen atoms in total. The molecule has 0 aliphatic carbocycles. The van der Waals surface area contributed by atoms with Gasteiger partial charge in [-0.1, -0.05) is 41.9 Å². The van der Waals surface area contributed by atoms with Crippen molar-refractivity contribution in [2.75, 3.05) is 36.4 Å². The van der Waals surface area contributed by atoms with Crippen molar-refractivity contribution in [2.45, 2.75) is 0 Å². The van der Waals surface area contributed by atoms with Gasteiger partial charge in [-0.15, -0.1) is 0 Å². The van der Waals surface area contributed by atoms with E-state index in [-0.39, 0.29) is 11.8 Å². The van der Waals surface area contributed by atoms with E-state index in [1.54, 1.807) is 18.2 Å². The summed E-state index contributed by atoms with van der Waals surface area (Å²) in [6.45, 7) is 2.68. The molecule has 1 aromatic heterocycles. The van der Waals surface area contributed by atoms with Crippen molar-refractivity contribution in [3.63, 3.8) is 0 Å². The summed E-state index contributed by atoms with van der Waals surface area (Å²) in [5, 5.41) is 4.46. The predicted molar refractivity (Wildman–Crippen MR) is 140 cm³/mol. The summed E-state index contributed by atoms with van der Waals surface area (Å²) in [5.41, 5.74) is 3.40. The van der Waals surface area contributed by atoms with E-state index in [4.69, 9.17) is 16.0 Å². The number of furan rings is 1. The highest BCUT2D eigenvalue weighted by molar-refractivity contribution is 6.30. The highest BCUT2D eigenvalue weighted by Crippen LogP contribution is 2.23. The monoisotopic (exact) mass is 485 g/mol. The third kappa shape index (κ3) is 5.39. The number of amides is 2. The lowest BCUT2D eigenvalue weighted by atomic mass is 10.2. The predicted octanol–water partition coefficient (Wildman–Crippen LogP) is 5.70. The Morgan fingerprint density at radius 1 is 0.886 bits per heavy atom. The van der Waals surface area contributed by atoms with Crippen LogP contribution in [-0.2, 0) is 4.79 Å². The van der Waals surface area contributed by atoms with E-state index in [1.807, 2.05) is 71.6 Å². The number of fused-ring (bicyclic) bond motifs is 1. The number of carbonyl (C=O) groups is 2. The van der Waals surface area contributed by atoms with Gasteiger partial charge in [0.25, 0.3) is 5.91 Å². The second kappa shape index (κ2) is 10.1. The maximum atomic E-state index is 12.9. The molecule has 0 bridgehead atoms. The normalized spacial score (nSPS) is 14.0. The van der Waals surface area contributed by atoms with Gasteiger partial charge in [0, 0.05) is 54.0 Å². The Morgan fingerprint density at radius 2 is 1.60 bits per heavy atom. The lowest BCUT2D eigenvalue weighted by Crippen LogP contribution is -2.48. The lowest BCUT2D eigenvalue weighted by Gasteiger charge is -2.35. The number of nitrogens with one attached hydrogen (secondary N) is 1. The number of benzene rings is 3. The molecule has 1 N–H and O–H groups in total. The van der Waals surface area contributed by atoms with Gasteiger partial charge in [0.15, 0.2) is 5.76 Å². The topological polar surface area (TPSA) is 65.8 Å². The smallest absolute Gasteiger partial charge is 0.289 e. The minimum Gasteiger partial charge on any atom is -0.451 e. The molecule has 2 heterocycles. The molecule has 1 aliphatic heterocycles. The van der Waals surface area contributed by atoms with Crippen molar-refractivity contribution in [3.05, 3.63) is 101 Å². The first-order chi connectivity index (χ1) is 17.0. The molecule has 0 spiro atoms. The number of nitrogens with zero attached hydrogens (tertiary/aromatic N) is 2.